The number of benzene rings is 1. The van der Waals surface area contributed by atoms with Gasteiger partial charge in [0, 0.05) is 13.1 Å². The Labute approximate surface area is 124 Å². The number of carbonyl (C=O) groups excluding carboxylic acids is 1. The van der Waals surface area contributed by atoms with E-state index in [1.807, 2.05) is 0 Å². The van der Waals surface area contributed by atoms with Gasteiger partial charge in [0.05, 0.1) is 5.56 Å². The lowest BCUT2D eigenvalue weighted by molar-refractivity contribution is 0.0950. The minimum absolute atomic E-state index is 0.107. The maximum Gasteiger partial charge on any atom is 0.254 e. The summed E-state index contributed by atoms with van der Waals surface area (Å²) in [5, 5.41) is 6.13. The van der Waals surface area contributed by atoms with Crippen molar-refractivity contribution < 1.29 is 9.18 Å². The molecule has 1 saturated carbocycles. The Morgan fingerprint density at radius 1 is 1.19 bits per heavy atom. The Hall–Kier alpha value is -1.68. The molecule has 0 saturated heterocycles. The molecule has 0 spiro atoms. The number of halogens is 1. The molecule has 0 aromatic heterocycles. The van der Waals surface area contributed by atoms with Gasteiger partial charge in [-0.15, -0.1) is 0 Å². The van der Waals surface area contributed by atoms with Gasteiger partial charge in [-0.1, -0.05) is 24.3 Å². The second kappa shape index (κ2) is 6.39. The average Bonchev–Trinajstić information content (AvgIpc) is 3.10. The van der Waals surface area contributed by atoms with Crippen LogP contribution in [0.1, 0.15) is 23.2 Å². The van der Waals surface area contributed by atoms with Crippen LogP contribution in [-0.4, -0.2) is 25.5 Å². The smallest absolute Gasteiger partial charge is 0.254 e. The maximum atomic E-state index is 13.4. The molecule has 2 N–H and O–H groups in total. The predicted molar refractivity (Wildman–Crippen MR) is 80.4 cm³/mol. The SMILES string of the molecule is O=C(NCCNCC1CC2C=CC1C2)c1ccccc1F. The molecule has 0 radical (unpaired) electrons. The van der Waals surface area contributed by atoms with Gasteiger partial charge in [-0.2, -0.15) is 0 Å². The molecule has 21 heavy (non-hydrogen) atoms. The number of nitrogens with one attached hydrogen (secondary N) is 2. The highest BCUT2D eigenvalue weighted by molar-refractivity contribution is 5.94. The number of rotatable bonds is 6. The zero-order valence-electron chi connectivity index (χ0n) is 12.0. The highest BCUT2D eigenvalue weighted by Crippen LogP contribution is 2.42. The van der Waals surface area contributed by atoms with E-state index in [9.17, 15) is 9.18 Å². The summed E-state index contributed by atoms with van der Waals surface area (Å²) in [6.07, 6.45) is 7.29. The van der Waals surface area contributed by atoms with Gasteiger partial charge in [0.1, 0.15) is 5.82 Å². The minimum Gasteiger partial charge on any atom is -0.351 e. The minimum atomic E-state index is -0.475. The lowest BCUT2D eigenvalue weighted by Gasteiger charge is -2.18. The van der Waals surface area contributed by atoms with Crippen LogP contribution in [0.2, 0.25) is 0 Å². The van der Waals surface area contributed by atoms with Gasteiger partial charge >= 0.3 is 0 Å². The van der Waals surface area contributed by atoms with Crippen LogP contribution in [0.3, 0.4) is 0 Å². The van der Waals surface area contributed by atoms with Crippen molar-refractivity contribution >= 4 is 5.91 Å². The third-order valence-corrected chi connectivity index (χ3v) is 4.53. The Morgan fingerprint density at radius 2 is 2.05 bits per heavy atom. The van der Waals surface area contributed by atoms with Crippen molar-refractivity contribution in [1.82, 2.24) is 10.6 Å². The number of hydrogen-bond donors (Lipinski definition) is 2. The van der Waals surface area contributed by atoms with Crippen LogP contribution in [0.4, 0.5) is 4.39 Å². The third-order valence-electron chi connectivity index (χ3n) is 4.53. The predicted octanol–water partition coefficient (Wildman–Crippen LogP) is 2.36. The third kappa shape index (κ3) is 3.32. The fourth-order valence-corrected chi connectivity index (χ4v) is 3.42. The van der Waals surface area contributed by atoms with E-state index in [0.29, 0.717) is 6.54 Å². The molecule has 0 heterocycles. The molecular formula is C17H21FN2O. The average molecular weight is 288 g/mol. The Kier molecular flexibility index (Phi) is 4.34. The number of carbonyl (C=O) groups is 1. The van der Waals surface area contributed by atoms with Crippen molar-refractivity contribution in [1.29, 1.82) is 0 Å². The van der Waals surface area contributed by atoms with Crippen LogP contribution in [0.25, 0.3) is 0 Å². The summed E-state index contributed by atoms with van der Waals surface area (Å²) in [5.41, 5.74) is 0.107. The summed E-state index contributed by atoms with van der Waals surface area (Å²) in [6, 6.07) is 6.05. The summed E-state index contributed by atoms with van der Waals surface area (Å²) < 4.78 is 13.4. The second-order valence-corrected chi connectivity index (χ2v) is 5.98. The van der Waals surface area contributed by atoms with E-state index in [2.05, 4.69) is 22.8 Å². The van der Waals surface area contributed by atoms with E-state index in [-0.39, 0.29) is 11.5 Å². The highest BCUT2D eigenvalue weighted by Gasteiger charge is 2.34. The van der Waals surface area contributed by atoms with E-state index in [4.69, 9.17) is 0 Å². The molecule has 1 fully saturated rings. The summed E-state index contributed by atoms with van der Waals surface area (Å²) in [7, 11) is 0. The molecule has 1 aromatic rings. The summed E-state index contributed by atoms with van der Waals surface area (Å²) in [5.74, 6) is 1.45. The Bertz CT molecular complexity index is 543. The molecular weight excluding hydrogens is 267 g/mol. The monoisotopic (exact) mass is 288 g/mol. The normalized spacial score (nSPS) is 26.2. The van der Waals surface area contributed by atoms with E-state index in [1.165, 1.54) is 25.0 Å². The van der Waals surface area contributed by atoms with Crippen molar-refractivity contribution in [3.8, 4) is 0 Å². The molecule has 3 nitrogen and oxygen atoms in total. The molecule has 1 amide bonds. The van der Waals surface area contributed by atoms with Crippen molar-refractivity contribution in [3.05, 3.63) is 47.8 Å². The van der Waals surface area contributed by atoms with Crippen LogP contribution in [0, 0.1) is 23.6 Å². The highest BCUT2D eigenvalue weighted by atomic mass is 19.1. The number of allylic oxidation sites excluding steroid dienone is 2. The van der Waals surface area contributed by atoms with Crippen LogP contribution < -0.4 is 10.6 Å². The Morgan fingerprint density at radius 3 is 2.76 bits per heavy atom. The summed E-state index contributed by atoms with van der Waals surface area (Å²) in [4.78, 5) is 11.8. The van der Waals surface area contributed by atoms with Crippen molar-refractivity contribution in [2.75, 3.05) is 19.6 Å². The van der Waals surface area contributed by atoms with Crippen LogP contribution in [0.15, 0.2) is 36.4 Å². The summed E-state index contributed by atoms with van der Waals surface area (Å²) >= 11 is 0. The maximum absolute atomic E-state index is 13.4. The number of hydrogen-bond acceptors (Lipinski definition) is 2. The first-order valence-corrected chi connectivity index (χ1v) is 7.66. The first-order chi connectivity index (χ1) is 10.2. The van der Waals surface area contributed by atoms with E-state index >= 15 is 0 Å². The lowest BCUT2D eigenvalue weighted by atomic mass is 9.94. The molecule has 3 unspecified atom stereocenters. The first kappa shape index (κ1) is 14.3. The largest absolute Gasteiger partial charge is 0.351 e. The van der Waals surface area contributed by atoms with Crippen molar-refractivity contribution in [2.24, 2.45) is 17.8 Å². The Balaban J connectivity index is 1.34. The summed E-state index contributed by atoms with van der Waals surface area (Å²) in [6.45, 7) is 2.24. The quantitative estimate of drug-likeness (QED) is 0.623. The molecule has 2 bridgehead atoms. The van der Waals surface area contributed by atoms with Gasteiger partial charge in [-0.05, 0) is 49.3 Å². The van der Waals surface area contributed by atoms with Crippen LogP contribution in [0.5, 0.6) is 0 Å². The van der Waals surface area contributed by atoms with Crippen molar-refractivity contribution in [2.45, 2.75) is 12.8 Å². The van der Waals surface area contributed by atoms with Gasteiger partial charge in [-0.25, -0.2) is 4.39 Å². The zero-order valence-corrected chi connectivity index (χ0v) is 12.0. The van der Waals surface area contributed by atoms with E-state index in [0.717, 1.165) is 30.8 Å². The number of amides is 1. The van der Waals surface area contributed by atoms with Gasteiger partial charge in [0.2, 0.25) is 0 Å². The lowest BCUT2D eigenvalue weighted by Crippen LogP contribution is -2.34. The zero-order chi connectivity index (χ0) is 14.7. The molecule has 2 aliphatic rings. The first-order valence-electron chi connectivity index (χ1n) is 7.66. The van der Waals surface area contributed by atoms with E-state index in [1.54, 1.807) is 12.1 Å². The van der Waals surface area contributed by atoms with E-state index < -0.39 is 5.82 Å². The fourth-order valence-electron chi connectivity index (χ4n) is 3.42. The molecule has 1 aromatic carbocycles. The van der Waals surface area contributed by atoms with Crippen molar-refractivity contribution in [3.63, 3.8) is 0 Å². The molecule has 0 aliphatic heterocycles. The van der Waals surface area contributed by atoms with Gasteiger partial charge in [-0.3, -0.25) is 4.79 Å². The topological polar surface area (TPSA) is 41.1 Å². The van der Waals surface area contributed by atoms with Gasteiger partial charge < -0.3 is 10.6 Å². The second-order valence-electron chi connectivity index (χ2n) is 5.98. The molecule has 3 rings (SSSR count). The molecule has 4 heteroatoms. The molecule has 112 valence electrons. The van der Waals surface area contributed by atoms with Crippen LogP contribution >= 0.6 is 0 Å². The number of fused-ring (bicyclic) bond motifs is 2. The molecule has 3 atom stereocenters. The fraction of sp³-hybridized carbons (Fsp3) is 0.471. The van der Waals surface area contributed by atoms with Gasteiger partial charge in [0.15, 0.2) is 0 Å². The van der Waals surface area contributed by atoms with Gasteiger partial charge in [0.25, 0.3) is 5.91 Å². The standard InChI is InChI=1S/C17H21FN2O/c18-16-4-2-1-3-15(16)17(21)20-8-7-19-11-14-10-12-5-6-13(14)9-12/h1-6,12-14,19H,7-11H2,(H,20,21). The van der Waals surface area contributed by atoms with Crippen LogP contribution in [-0.2, 0) is 0 Å². The molecule has 2 aliphatic carbocycles.